The van der Waals surface area contributed by atoms with E-state index in [1.807, 2.05) is 47.4 Å². The van der Waals surface area contributed by atoms with Crippen LogP contribution in [-0.4, -0.2) is 20.7 Å². The molecule has 0 amide bonds. The van der Waals surface area contributed by atoms with Gasteiger partial charge in [0.1, 0.15) is 0 Å². The van der Waals surface area contributed by atoms with Gasteiger partial charge in [-0.05, 0) is 0 Å². The minimum atomic E-state index is -0.233. The van der Waals surface area contributed by atoms with E-state index < -0.39 is 0 Å². The quantitative estimate of drug-likeness (QED) is 0.637. The van der Waals surface area contributed by atoms with Crippen molar-refractivity contribution >= 4 is 31.5 Å². The summed E-state index contributed by atoms with van der Waals surface area (Å²) in [5.41, 5.74) is 0.704. The minimum absolute atomic E-state index is 0.0623. The number of rotatable bonds is 3. The third kappa shape index (κ3) is 2.30. The van der Waals surface area contributed by atoms with Gasteiger partial charge in [-0.15, -0.1) is 0 Å². The number of ketones is 1. The van der Waals surface area contributed by atoms with Crippen LogP contribution in [0.25, 0.3) is 10.8 Å². The van der Waals surface area contributed by atoms with Gasteiger partial charge in [-0.1, -0.05) is 0 Å². The molecule has 3 heteroatoms. The van der Waals surface area contributed by atoms with Crippen molar-refractivity contribution in [2.75, 3.05) is 0 Å². The van der Waals surface area contributed by atoms with E-state index in [9.17, 15) is 4.79 Å². The molecule has 0 spiro atoms. The second-order valence-corrected chi connectivity index (χ2v) is 4.96. The summed E-state index contributed by atoms with van der Waals surface area (Å²) >= 11 is -0.233. The van der Waals surface area contributed by atoms with Crippen LogP contribution in [0.3, 0.4) is 0 Å². The van der Waals surface area contributed by atoms with Crippen molar-refractivity contribution in [2.45, 2.75) is 5.32 Å². The number of nitrogens with zero attached hydrogens (tertiary/aromatic N) is 1. The Kier molecular flexibility index (Phi) is 3.36. The summed E-state index contributed by atoms with van der Waals surface area (Å²) in [7, 11) is 0. The molecule has 0 unspecified atom stereocenters. The molecular formula is C13H9NOSe. The Balaban J connectivity index is 2.33. The molecule has 2 aromatic rings. The van der Waals surface area contributed by atoms with Gasteiger partial charge in [-0.3, -0.25) is 0 Å². The molecule has 0 aromatic heterocycles. The number of fused-ring (bicyclic) bond motifs is 1. The maximum absolute atomic E-state index is 11.7. The van der Waals surface area contributed by atoms with E-state index in [0.717, 1.165) is 10.8 Å². The fourth-order valence-corrected chi connectivity index (χ4v) is 2.30. The second kappa shape index (κ2) is 4.94. The normalized spacial score (nSPS) is 9.94. The molecule has 2 rings (SSSR count). The molecule has 0 aliphatic rings. The number of Topliss-reactive ketones (excluding diaryl/α,β-unsaturated/α-hetero) is 1. The van der Waals surface area contributed by atoms with Gasteiger partial charge >= 0.3 is 99.9 Å². The van der Waals surface area contributed by atoms with Gasteiger partial charge in [0.2, 0.25) is 0 Å². The summed E-state index contributed by atoms with van der Waals surface area (Å²) in [6.07, 6.45) is 0. The van der Waals surface area contributed by atoms with Gasteiger partial charge in [-0.2, -0.15) is 0 Å². The molecule has 0 saturated heterocycles. The van der Waals surface area contributed by atoms with Crippen molar-refractivity contribution in [3.8, 4) is 4.97 Å². The van der Waals surface area contributed by atoms with Crippen molar-refractivity contribution in [1.82, 2.24) is 0 Å². The summed E-state index contributed by atoms with van der Waals surface area (Å²) < 4.78 is 0. The Bertz CT molecular complexity index is 571. The molecule has 0 bridgehead atoms. The van der Waals surface area contributed by atoms with Crippen molar-refractivity contribution in [3.05, 3.63) is 48.0 Å². The van der Waals surface area contributed by atoms with Crippen LogP contribution < -0.4 is 0 Å². The Morgan fingerprint density at radius 1 is 1.19 bits per heavy atom. The van der Waals surface area contributed by atoms with Crippen LogP contribution in [-0.2, 0) is 0 Å². The van der Waals surface area contributed by atoms with Crippen molar-refractivity contribution in [3.63, 3.8) is 0 Å². The fraction of sp³-hybridized carbons (Fsp3) is 0.0769. The van der Waals surface area contributed by atoms with Crippen LogP contribution in [0.4, 0.5) is 0 Å². The molecular weight excluding hydrogens is 265 g/mol. The molecule has 0 N–H and O–H groups in total. The first-order valence-electron chi connectivity index (χ1n) is 4.84. The molecule has 0 saturated carbocycles. The Morgan fingerprint density at radius 3 is 2.69 bits per heavy atom. The monoisotopic (exact) mass is 275 g/mol. The number of nitriles is 1. The summed E-state index contributed by atoms with van der Waals surface area (Å²) in [4.78, 5) is 13.8. The zero-order chi connectivity index (χ0) is 11.4. The van der Waals surface area contributed by atoms with E-state index in [0.29, 0.717) is 10.9 Å². The van der Waals surface area contributed by atoms with Crippen LogP contribution >= 0.6 is 0 Å². The third-order valence-electron chi connectivity index (χ3n) is 2.34. The molecule has 0 atom stereocenters. The van der Waals surface area contributed by atoms with E-state index in [-0.39, 0.29) is 20.7 Å². The van der Waals surface area contributed by atoms with E-state index >= 15 is 0 Å². The van der Waals surface area contributed by atoms with Crippen molar-refractivity contribution in [1.29, 1.82) is 5.26 Å². The molecule has 0 heterocycles. The summed E-state index contributed by atoms with van der Waals surface area (Å²) in [6, 6.07) is 13.6. The van der Waals surface area contributed by atoms with E-state index in [2.05, 4.69) is 0 Å². The van der Waals surface area contributed by atoms with Crippen LogP contribution in [0.1, 0.15) is 10.4 Å². The molecule has 0 aliphatic heterocycles. The maximum atomic E-state index is 11.7. The summed E-state index contributed by atoms with van der Waals surface area (Å²) in [5, 5.41) is 11.0. The third-order valence-corrected chi connectivity index (χ3v) is 3.46. The molecule has 78 valence electrons. The molecule has 0 radical (unpaired) electrons. The first-order valence-corrected chi connectivity index (χ1v) is 6.91. The number of benzene rings is 2. The molecule has 0 aliphatic carbocycles. The second-order valence-electron chi connectivity index (χ2n) is 3.37. The topological polar surface area (TPSA) is 40.9 Å². The Hall–Kier alpha value is -1.62. The molecule has 16 heavy (non-hydrogen) atoms. The van der Waals surface area contributed by atoms with Gasteiger partial charge in [-0.25, -0.2) is 0 Å². The van der Waals surface area contributed by atoms with Crippen LogP contribution in [0.2, 0.25) is 5.32 Å². The number of hydrogen-bond donors (Lipinski definition) is 0. The predicted octanol–water partition coefficient (Wildman–Crippen LogP) is 2.63. The number of carbonyl (C=O) groups is 1. The molecule has 0 fully saturated rings. The van der Waals surface area contributed by atoms with Crippen molar-refractivity contribution in [2.24, 2.45) is 0 Å². The van der Waals surface area contributed by atoms with E-state index in [1.54, 1.807) is 0 Å². The van der Waals surface area contributed by atoms with Gasteiger partial charge in [0.25, 0.3) is 0 Å². The van der Waals surface area contributed by atoms with Crippen LogP contribution in [0.15, 0.2) is 42.5 Å². The standard InChI is InChI=1S/C13H9NOSe/c14-9-16-8-13(15)12-6-5-10-3-1-2-4-11(10)7-12/h1-7H,8H2. The Morgan fingerprint density at radius 2 is 1.94 bits per heavy atom. The predicted molar refractivity (Wildman–Crippen MR) is 64.5 cm³/mol. The van der Waals surface area contributed by atoms with Gasteiger partial charge < -0.3 is 0 Å². The van der Waals surface area contributed by atoms with E-state index in [1.165, 1.54) is 0 Å². The van der Waals surface area contributed by atoms with Crippen molar-refractivity contribution < 1.29 is 4.79 Å². The van der Waals surface area contributed by atoms with Gasteiger partial charge in [0.05, 0.1) is 0 Å². The average Bonchev–Trinajstić information content (AvgIpc) is 2.35. The van der Waals surface area contributed by atoms with E-state index in [4.69, 9.17) is 5.26 Å². The fourth-order valence-electron chi connectivity index (χ4n) is 1.54. The first-order chi connectivity index (χ1) is 7.81. The SMILES string of the molecule is N#C[Se]CC(=O)c1ccc2ccccc2c1. The van der Waals surface area contributed by atoms with Gasteiger partial charge in [0.15, 0.2) is 0 Å². The summed E-state index contributed by atoms with van der Waals surface area (Å²) in [6.45, 7) is 0. The van der Waals surface area contributed by atoms with Crippen LogP contribution in [0.5, 0.6) is 0 Å². The number of hydrogen-bond acceptors (Lipinski definition) is 2. The molecule has 2 aromatic carbocycles. The van der Waals surface area contributed by atoms with Crippen LogP contribution in [0, 0.1) is 10.2 Å². The zero-order valence-corrected chi connectivity index (χ0v) is 10.2. The first kappa shape index (κ1) is 10.9. The summed E-state index contributed by atoms with van der Waals surface area (Å²) in [5.74, 6) is 0.0623. The average molecular weight is 274 g/mol. The zero-order valence-electron chi connectivity index (χ0n) is 8.51. The Labute approximate surface area is 100 Å². The van der Waals surface area contributed by atoms with Gasteiger partial charge in [0, 0.05) is 0 Å². The number of carbonyl (C=O) groups excluding carboxylic acids is 1. The molecule has 2 nitrogen and oxygen atoms in total.